The normalized spacial score (nSPS) is 10.2. The van der Waals surface area contributed by atoms with Crippen molar-refractivity contribution < 1.29 is 19.4 Å². The number of nitro benzene ring substituents is 2. The first-order chi connectivity index (χ1) is 12.8. The molecule has 0 heterocycles. The molecule has 0 aromatic heterocycles. The van der Waals surface area contributed by atoms with E-state index in [-0.39, 0.29) is 25.1 Å². The highest BCUT2D eigenvalue weighted by Gasteiger charge is 2.27. The molecular formula is C17H16N4O6. The standard InChI is InChI=1S/C17H16N4O6/c18-16(22)8-9-19(11-12-4-2-1-3-5-12)17(23)14-7-6-13(20(24)25)10-15(14)21(26)27/h1-7,10H,8-9,11H2,(H2,18,22). The Morgan fingerprint density at radius 2 is 1.67 bits per heavy atom. The predicted octanol–water partition coefficient (Wildman–Crippen LogP) is 2.02. The molecule has 0 unspecified atom stereocenters. The fourth-order valence-electron chi connectivity index (χ4n) is 2.44. The minimum absolute atomic E-state index is 0.0444. The molecule has 0 saturated carbocycles. The molecule has 2 N–H and O–H groups in total. The summed E-state index contributed by atoms with van der Waals surface area (Å²) in [6, 6.07) is 11.6. The molecule has 2 amide bonds. The Morgan fingerprint density at radius 3 is 2.22 bits per heavy atom. The van der Waals surface area contributed by atoms with Crippen molar-refractivity contribution in [3.05, 3.63) is 79.9 Å². The molecule has 0 saturated heterocycles. The van der Waals surface area contributed by atoms with E-state index < -0.39 is 33.0 Å². The van der Waals surface area contributed by atoms with Gasteiger partial charge in [0.1, 0.15) is 5.56 Å². The number of nitrogens with zero attached hydrogens (tertiary/aromatic N) is 3. The topological polar surface area (TPSA) is 150 Å². The third-order valence-corrected chi connectivity index (χ3v) is 3.75. The van der Waals surface area contributed by atoms with Crippen LogP contribution in [0.4, 0.5) is 11.4 Å². The second-order valence-corrected chi connectivity index (χ2v) is 5.64. The molecule has 0 aliphatic carbocycles. The van der Waals surface area contributed by atoms with Crippen molar-refractivity contribution >= 4 is 23.2 Å². The van der Waals surface area contributed by atoms with Crippen LogP contribution in [-0.2, 0) is 11.3 Å². The van der Waals surface area contributed by atoms with Crippen LogP contribution in [-0.4, -0.2) is 33.1 Å². The fraction of sp³-hybridized carbons (Fsp3) is 0.176. The second kappa shape index (κ2) is 8.52. The van der Waals surface area contributed by atoms with Crippen molar-refractivity contribution in [1.29, 1.82) is 0 Å². The van der Waals surface area contributed by atoms with E-state index in [0.29, 0.717) is 0 Å². The van der Waals surface area contributed by atoms with Gasteiger partial charge in [0.05, 0.1) is 15.9 Å². The Hall–Kier alpha value is -3.82. The summed E-state index contributed by atoms with van der Waals surface area (Å²) in [7, 11) is 0. The molecule has 10 heteroatoms. The number of non-ortho nitro benzene ring substituents is 1. The summed E-state index contributed by atoms with van der Waals surface area (Å²) in [6.45, 7) is 0.0539. The Labute approximate surface area is 153 Å². The van der Waals surface area contributed by atoms with Gasteiger partial charge in [-0.3, -0.25) is 29.8 Å². The van der Waals surface area contributed by atoms with E-state index in [1.165, 1.54) is 4.90 Å². The first kappa shape index (κ1) is 19.5. The molecule has 0 aliphatic rings. The van der Waals surface area contributed by atoms with Crippen molar-refractivity contribution in [3.63, 3.8) is 0 Å². The van der Waals surface area contributed by atoms with Crippen LogP contribution >= 0.6 is 0 Å². The van der Waals surface area contributed by atoms with Crippen molar-refractivity contribution in [3.8, 4) is 0 Å². The van der Waals surface area contributed by atoms with Gasteiger partial charge in [0.25, 0.3) is 17.3 Å². The number of rotatable bonds is 8. The number of hydrogen-bond donors (Lipinski definition) is 1. The zero-order chi connectivity index (χ0) is 20.0. The second-order valence-electron chi connectivity index (χ2n) is 5.64. The largest absolute Gasteiger partial charge is 0.370 e. The van der Waals surface area contributed by atoms with E-state index in [9.17, 15) is 29.8 Å². The van der Waals surface area contributed by atoms with Crippen LogP contribution < -0.4 is 5.73 Å². The molecule has 2 rings (SSSR count). The summed E-state index contributed by atoms with van der Waals surface area (Å²) in [5, 5.41) is 22.1. The minimum atomic E-state index is -0.852. The number of primary amides is 1. The Morgan fingerprint density at radius 1 is 1.00 bits per heavy atom. The number of hydrogen-bond acceptors (Lipinski definition) is 6. The molecule has 0 fully saturated rings. The average molecular weight is 372 g/mol. The lowest BCUT2D eigenvalue weighted by molar-refractivity contribution is -0.394. The molecule has 0 radical (unpaired) electrons. The van der Waals surface area contributed by atoms with Gasteiger partial charge in [-0.1, -0.05) is 30.3 Å². The average Bonchev–Trinajstić information content (AvgIpc) is 2.64. The van der Waals surface area contributed by atoms with E-state index in [4.69, 9.17) is 5.73 Å². The molecule has 27 heavy (non-hydrogen) atoms. The van der Waals surface area contributed by atoms with Crippen LogP contribution in [0.1, 0.15) is 22.3 Å². The number of amides is 2. The predicted molar refractivity (Wildman–Crippen MR) is 94.7 cm³/mol. The molecule has 0 aliphatic heterocycles. The molecule has 0 bridgehead atoms. The number of carbonyl (C=O) groups is 2. The van der Waals surface area contributed by atoms with Gasteiger partial charge in [-0.15, -0.1) is 0 Å². The van der Waals surface area contributed by atoms with Crippen molar-refractivity contribution in [2.24, 2.45) is 5.73 Å². The molecule has 140 valence electrons. The highest BCUT2D eigenvalue weighted by atomic mass is 16.6. The molecule has 10 nitrogen and oxygen atoms in total. The Bertz CT molecular complexity index is 884. The maximum atomic E-state index is 12.9. The summed E-state index contributed by atoms with van der Waals surface area (Å²) < 4.78 is 0. The minimum Gasteiger partial charge on any atom is -0.370 e. The number of nitro groups is 2. The van der Waals surface area contributed by atoms with Crippen LogP contribution in [0.25, 0.3) is 0 Å². The first-order valence-corrected chi connectivity index (χ1v) is 7.84. The summed E-state index contributed by atoms with van der Waals surface area (Å²) >= 11 is 0. The maximum absolute atomic E-state index is 12.9. The van der Waals surface area contributed by atoms with Gasteiger partial charge < -0.3 is 10.6 Å². The summed E-state index contributed by atoms with van der Waals surface area (Å²) in [5.41, 5.74) is 4.42. The van der Waals surface area contributed by atoms with Crippen molar-refractivity contribution in [2.45, 2.75) is 13.0 Å². The summed E-state index contributed by atoms with van der Waals surface area (Å²) in [5.74, 6) is -1.35. The molecule has 2 aromatic carbocycles. The zero-order valence-corrected chi connectivity index (χ0v) is 14.1. The monoisotopic (exact) mass is 372 g/mol. The van der Waals surface area contributed by atoms with Crippen LogP contribution in [0.2, 0.25) is 0 Å². The van der Waals surface area contributed by atoms with Crippen molar-refractivity contribution in [1.82, 2.24) is 4.90 Å². The van der Waals surface area contributed by atoms with E-state index in [1.54, 1.807) is 30.3 Å². The number of nitrogens with two attached hydrogens (primary N) is 1. The lowest BCUT2D eigenvalue weighted by Gasteiger charge is -2.22. The highest BCUT2D eigenvalue weighted by Crippen LogP contribution is 2.26. The maximum Gasteiger partial charge on any atom is 0.289 e. The lowest BCUT2D eigenvalue weighted by Crippen LogP contribution is -2.34. The molecule has 2 aromatic rings. The molecule has 0 spiro atoms. The van der Waals surface area contributed by atoms with E-state index in [2.05, 4.69) is 0 Å². The SMILES string of the molecule is NC(=O)CCN(Cc1ccccc1)C(=O)c1ccc([N+](=O)[O-])cc1[N+](=O)[O-]. The quantitative estimate of drug-likeness (QED) is 0.553. The fourth-order valence-corrected chi connectivity index (χ4v) is 2.44. The van der Waals surface area contributed by atoms with Crippen LogP contribution in [0.3, 0.4) is 0 Å². The van der Waals surface area contributed by atoms with E-state index in [0.717, 1.165) is 23.8 Å². The first-order valence-electron chi connectivity index (χ1n) is 7.84. The van der Waals surface area contributed by atoms with Gasteiger partial charge in [-0.25, -0.2) is 0 Å². The van der Waals surface area contributed by atoms with Crippen LogP contribution in [0, 0.1) is 20.2 Å². The van der Waals surface area contributed by atoms with Gasteiger partial charge in [0.15, 0.2) is 0 Å². The van der Waals surface area contributed by atoms with Gasteiger partial charge in [0.2, 0.25) is 5.91 Å². The van der Waals surface area contributed by atoms with E-state index in [1.807, 2.05) is 0 Å². The lowest BCUT2D eigenvalue weighted by atomic mass is 10.1. The molecular weight excluding hydrogens is 356 g/mol. The van der Waals surface area contributed by atoms with Gasteiger partial charge in [-0.05, 0) is 11.6 Å². The highest BCUT2D eigenvalue weighted by molar-refractivity contribution is 5.98. The zero-order valence-electron chi connectivity index (χ0n) is 14.1. The third-order valence-electron chi connectivity index (χ3n) is 3.75. The van der Waals surface area contributed by atoms with Gasteiger partial charge in [-0.2, -0.15) is 0 Å². The van der Waals surface area contributed by atoms with Gasteiger partial charge in [0, 0.05) is 25.6 Å². The van der Waals surface area contributed by atoms with E-state index >= 15 is 0 Å². The van der Waals surface area contributed by atoms with Crippen molar-refractivity contribution in [2.75, 3.05) is 6.54 Å². The summed E-state index contributed by atoms with van der Waals surface area (Å²) in [4.78, 5) is 45.7. The van der Waals surface area contributed by atoms with Gasteiger partial charge >= 0.3 is 0 Å². The smallest absolute Gasteiger partial charge is 0.289 e. The van der Waals surface area contributed by atoms with Crippen LogP contribution in [0.15, 0.2) is 48.5 Å². The molecule has 0 atom stereocenters. The van der Waals surface area contributed by atoms with Crippen LogP contribution in [0.5, 0.6) is 0 Å². The third kappa shape index (κ3) is 5.08. The number of benzene rings is 2. The Balaban J connectivity index is 2.39. The summed E-state index contributed by atoms with van der Waals surface area (Å²) in [6.07, 6.45) is -0.126. The number of carbonyl (C=O) groups excluding carboxylic acids is 2. The Kier molecular flexibility index (Phi) is 6.15.